The average molecular weight is 687 g/mol. The fourth-order valence-electron chi connectivity index (χ4n) is 3.66. The molecule has 4 aromatic rings. The first-order valence-corrected chi connectivity index (χ1v) is 14.9. The van der Waals surface area contributed by atoms with Crippen LogP contribution in [0.1, 0.15) is 22.8 Å². The number of hydrogen-bond acceptors (Lipinski definition) is 4. The van der Waals surface area contributed by atoms with Gasteiger partial charge < -0.3 is 16.0 Å². The van der Waals surface area contributed by atoms with Crippen molar-refractivity contribution in [3.05, 3.63) is 128 Å². The smallest absolute Gasteiger partial charge is 0.272 e. The van der Waals surface area contributed by atoms with Crippen molar-refractivity contribution < 1.29 is 18.8 Å². The maximum Gasteiger partial charge on any atom is 0.272 e. The SMILES string of the molecule is CC(Sc1cccc(NC(=O)/C(=C\c2cccc(Cl)c2Cl)NC(=O)c2ccccc2)c1)C(=O)Nc1ccc(Br)cc1F. The molecule has 0 saturated carbocycles. The highest BCUT2D eigenvalue weighted by Crippen LogP contribution is 2.29. The lowest BCUT2D eigenvalue weighted by molar-refractivity contribution is -0.115. The highest BCUT2D eigenvalue weighted by molar-refractivity contribution is 9.10. The molecule has 3 amide bonds. The second-order valence-corrected chi connectivity index (χ2v) is 12.0. The Kier molecular flexibility index (Phi) is 10.8. The van der Waals surface area contributed by atoms with Gasteiger partial charge >= 0.3 is 0 Å². The lowest BCUT2D eigenvalue weighted by atomic mass is 10.1. The number of anilines is 2. The minimum absolute atomic E-state index is 0.0599. The molecule has 4 aromatic carbocycles. The van der Waals surface area contributed by atoms with E-state index in [1.54, 1.807) is 85.8 Å². The minimum Gasteiger partial charge on any atom is -0.323 e. The summed E-state index contributed by atoms with van der Waals surface area (Å²) in [5.74, 6) is -2.03. The highest BCUT2D eigenvalue weighted by Gasteiger charge is 2.19. The predicted molar refractivity (Wildman–Crippen MR) is 171 cm³/mol. The van der Waals surface area contributed by atoms with Crippen LogP contribution in [0, 0.1) is 5.82 Å². The van der Waals surface area contributed by atoms with Crippen LogP contribution < -0.4 is 16.0 Å². The van der Waals surface area contributed by atoms with Gasteiger partial charge in [0.25, 0.3) is 11.8 Å². The Balaban J connectivity index is 1.51. The highest BCUT2D eigenvalue weighted by atomic mass is 79.9. The van der Waals surface area contributed by atoms with Crippen LogP contribution in [0.2, 0.25) is 10.0 Å². The van der Waals surface area contributed by atoms with Gasteiger partial charge in [-0.1, -0.05) is 75.5 Å². The lowest BCUT2D eigenvalue weighted by Gasteiger charge is -2.14. The molecule has 0 aromatic heterocycles. The van der Waals surface area contributed by atoms with Gasteiger partial charge in [-0.3, -0.25) is 14.4 Å². The second kappa shape index (κ2) is 14.5. The zero-order chi connectivity index (χ0) is 30.2. The first-order valence-electron chi connectivity index (χ1n) is 12.5. The number of thioether (sulfide) groups is 1. The Morgan fingerprint density at radius 3 is 2.38 bits per heavy atom. The van der Waals surface area contributed by atoms with Gasteiger partial charge in [-0.25, -0.2) is 4.39 Å². The van der Waals surface area contributed by atoms with Crippen molar-refractivity contribution in [3.8, 4) is 0 Å². The first-order chi connectivity index (χ1) is 20.1. The number of benzene rings is 4. The Morgan fingerprint density at radius 1 is 0.905 bits per heavy atom. The normalized spacial score (nSPS) is 11.9. The van der Waals surface area contributed by atoms with Crippen LogP contribution >= 0.6 is 50.9 Å². The predicted octanol–water partition coefficient (Wildman–Crippen LogP) is 8.42. The Labute approximate surface area is 264 Å². The molecule has 0 aliphatic heterocycles. The molecule has 1 atom stereocenters. The molecular formula is C31H23BrCl2FN3O3S. The fourth-order valence-corrected chi connectivity index (χ4v) is 5.28. The lowest BCUT2D eigenvalue weighted by Crippen LogP contribution is -2.30. The maximum absolute atomic E-state index is 14.2. The van der Waals surface area contributed by atoms with Crippen LogP contribution in [-0.2, 0) is 9.59 Å². The van der Waals surface area contributed by atoms with Crippen molar-refractivity contribution in [2.45, 2.75) is 17.1 Å². The molecule has 0 fully saturated rings. The van der Waals surface area contributed by atoms with E-state index >= 15 is 0 Å². The molecular weight excluding hydrogens is 664 g/mol. The Morgan fingerprint density at radius 2 is 1.64 bits per heavy atom. The molecule has 0 bridgehead atoms. The van der Waals surface area contributed by atoms with Crippen molar-refractivity contribution in [1.82, 2.24) is 5.32 Å². The molecule has 0 spiro atoms. The summed E-state index contributed by atoms with van der Waals surface area (Å²) in [7, 11) is 0. The molecule has 0 radical (unpaired) electrons. The van der Waals surface area contributed by atoms with Crippen LogP contribution in [0.25, 0.3) is 6.08 Å². The number of amides is 3. The van der Waals surface area contributed by atoms with Gasteiger partial charge in [-0.15, -0.1) is 11.8 Å². The molecule has 214 valence electrons. The molecule has 6 nitrogen and oxygen atoms in total. The van der Waals surface area contributed by atoms with Gasteiger partial charge in [0.2, 0.25) is 5.91 Å². The summed E-state index contributed by atoms with van der Waals surface area (Å²) in [5, 5.41) is 7.98. The third-order valence-electron chi connectivity index (χ3n) is 5.77. The summed E-state index contributed by atoms with van der Waals surface area (Å²) in [6, 6.07) is 24.7. The van der Waals surface area contributed by atoms with Crippen LogP contribution in [0.4, 0.5) is 15.8 Å². The summed E-state index contributed by atoms with van der Waals surface area (Å²) in [6.07, 6.45) is 1.44. The van der Waals surface area contributed by atoms with E-state index in [1.807, 2.05) is 0 Å². The van der Waals surface area contributed by atoms with Gasteiger partial charge in [-0.05, 0) is 73.2 Å². The van der Waals surface area contributed by atoms with Crippen LogP contribution in [0.5, 0.6) is 0 Å². The fraction of sp³-hybridized carbons (Fsp3) is 0.0645. The Bertz CT molecular complexity index is 1670. The van der Waals surface area contributed by atoms with Crippen LogP contribution in [0.15, 0.2) is 106 Å². The zero-order valence-corrected chi connectivity index (χ0v) is 25.9. The summed E-state index contributed by atoms with van der Waals surface area (Å²) in [5.41, 5.74) is 1.24. The molecule has 0 heterocycles. The maximum atomic E-state index is 14.2. The van der Waals surface area contributed by atoms with E-state index in [0.717, 1.165) is 0 Å². The summed E-state index contributed by atoms with van der Waals surface area (Å²) >= 11 is 16.9. The third-order valence-corrected chi connectivity index (χ3v) is 8.19. The van der Waals surface area contributed by atoms with Crippen molar-refractivity contribution >= 4 is 86.1 Å². The van der Waals surface area contributed by atoms with Gasteiger partial charge in [0, 0.05) is 20.6 Å². The van der Waals surface area contributed by atoms with E-state index in [2.05, 4.69) is 31.9 Å². The van der Waals surface area contributed by atoms with Gasteiger partial charge in [0.1, 0.15) is 11.5 Å². The summed E-state index contributed by atoms with van der Waals surface area (Å²) < 4.78 is 14.7. The second-order valence-electron chi connectivity index (χ2n) is 8.88. The average Bonchev–Trinajstić information content (AvgIpc) is 2.97. The molecule has 1 unspecified atom stereocenters. The van der Waals surface area contributed by atoms with E-state index in [1.165, 1.54) is 30.0 Å². The number of carbonyl (C=O) groups excluding carboxylic acids is 3. The monoisotopic (exact) mass is 685 g/mol. The quantitative estimate of drug-likeness (QED) is 0.122. The summed E-state index contributed by atoms with van der Waals surface area (Å²) in [4.78, 5) is 39.7. The molecule has 3 N–H and O–H groups in total. The number of nitrogens with one attached hydrogen (secondary N) is 3. The van der Waals surface area contributed by atoms with E-state index in [9.17, 15) is 18.8 Å². The van der Waals surface area contributed by atoms with Crippen LogP contribution in [0.3, 0.4) is 0 Å². The minimum atomic E-state index is -0.603. The van der Waals surface area contributed by atoms with E-state index in [-0.39, 0.29) is 22.3 Å². The van der Waals surface area contributed by atoms with Gasteiger partial charge in [0.05, 0.1) is 21.0 Å². The van der Waals surface area contributed by atoms with Crippen molar-refractivity contribution in [2.75, 3.05) is 10.6 Å². The molecule has 0 aliphatic rings. The van der Waals surface area contributed by atoms with Crippen molar-refractivity contribution in [3.63, 3.8) is 0 Å². The van der Waals surface area contributed by atoms with Crippen LogP contribution in [-0.4, -0.2) is 23.0 Å². The number of carbonyl (C=O) groups is 3. The van der Waals surface area contributed by atoms with E-state index < -0.39 is 22.9 Å². The standard InChI is InChI=1S/C31H23BrCl2FN3O3S/c1-18(29(39)37-26-14-13-21(32)16-25(26)35)42-23-11-6-10-22(17-23)36-31(41)27(15-20-9-5-12-24(33)28(20)34)38-30(40)19-7-3-2-4-8-19/h2-18H,1H3,(H,36,41)(H,37,39)(H,38,40)/b27-15+. The number of hydrogen-bond donors (Lipinski definition) is 3. The molecule has 0 aliphatic carbocycles. The van der Waals surface area contributed by atoms with E-state index in [0.29, 0.717) is 31.2 Å². The molecule has 42 heavy (non-hydrogen) atoms. The first kappa shape index (κ1) is 31.3. The number of halogens is 4. The van der Waals surface area contributed by atoms with E-state index in [4.69, 9.17) is 23.2 Å². The number of rotatable bonds is 9. The van der Waals surface area contributed by atoms with Crippen molar-refractivity contribution in [2.24, 2.45) is 0 Å². The van der Waals surface area contributed by atoms with Gasteiger partial charge in [0.15, 0.2) is 0 Å². The molecule has 0 saturated heterocycles. The largest absolute Gasteiger partial charge is 0.323 e. The third kappa shape index (κ3) is 8.45. The zero-order valence-electron chi connectivity index (χ0n) is 22.0. The Hall–Kier alpha value is -3.63. The summed E-state index contributed by atoms with van der Waals surface area (Å²) in [6.45, 7) is 1.69. The molecule has 4 rings (SSSR count). The molecule has 11 heteroatoms. The van der Waals surface area contributed by atoms with Crippen molar-refractivity contribution in [1.29, 1.82) is 0 Å². The topological polar surface area (TPSA) is 87.3 Å². The van der Waals surface area contributed by atoms with Gasteiger partial charge in [-0.2, -0.15) is 0 Å².